The number of phenolic OH excluding ortho intramolecular Hbond substituents is 1. The van der Waals surface area contributed by atoms with Gasteiger partial charge in [-0.3, -0.25) is 23.7 Å². The van der Waals surface area contributed by atoms with Crippen LogP contribution in [-0.4, -0.2) is 39.8 Å². The molecule has 0 aliphatic carbocycles. The lowest BCUT2D eigenvalue weighted by Crippen LogP contribution is -2.33. The van der Waals surface area contributed by atoms with Crippen LogP contribution in [0.1, 0.15) is 27.5 Å². The van der Waals surface area contributed by atoms with Gasteiger partial charge in [0.15, 0.2) is 11.5 Å². The summed E-state index contributed by atoms with van der Waals surface area (Å²) in [6.07, 6.45) is -9.43. The number of imide groups is 1. The summed E-state index contributed by atoms with van der Waals surface area (Å²) in [6, 6.07) is 11.7. The number of hydrogen-bond donors (Lipinski definition) is 2. The summed E-state index contributed by atoms with van der Waals surface area (Å²) in [6.45, 7) is -0.670. The normalized spacial score (nSPS) is 19.2. The number of carbonyl (C=O) groups is 3. The second kappa shape index (κ2) is 12.0. The molecule has 3 atom stereocenters. The van der Waals surface area contributed by atoms with Crippen LogP contribution in [-0.2, 0) is 33.3 Å². The predicted molar refractivity (Wildman–Crippen MR) is 162 cm³/mol. The first kappa shape index (κ1) is 33.1. The molecule has 2 N–H and O–H groups in total. The van der Waals surface area contributed by atoms with Gasteiger partial charge in [-0.05, 0) is 54.1 Å². The van der Waals surface area contributed by atoms with Crippen molar-refractivity contribution in [2.75, 3.05) is 17.3 Å². The van der Waals surface area contributed by atoms with Crippen molar-refractivity contribution in [3.8, 4) is 11.5 Å². The molecule has 0 saturated carbocycles. The van der Waals surface area contributed by atoms with Gasteiger partial charge < -0.3 is 15.2 Å². The molecule has 3 amide bonds. The van der Waals surface area contributed by atoms with E-state index < -0.39 is 69.7 Å². The van der Waals surface area contributed by atoms with Crippen LogP contribution in [0.4, 0.5) is 37.7 Å². The number of aromatic nitrogens is 1. The quantitative estimate of drug-likeness (QED) is 0.184. The van der Waals surface area contributed by atoms with Gasteiger partial charge >= 0.3 is 17.2 Å². The number of anilines is 2. The Morgan fingerprint density at radius 2 is 1.58 bits per heavy atom. The molecule has 2 aliphatic heterocycles. The second-order valence-electron chi connectivity index (χ2n) is 10.8. The Balaban J connectivity index is 1.41. The smallest absolute Gasteiger partial charge is 0.416 e. The number of thiazole rings is 1. The van der Waals surface area contributed by atoms with Gasteiger partial charge in [0.1, 0.15) is 11.8 Å². The van der Waals surface area contributed by atoms with E-state index in [-0.39, 0.29) is 32.8 Å². The van der Waals surface area contributed by atoms with E-state index in [1.165, 1.54) is 37.4 Å². The fourth-order valence-electron chi connectivity index (χ4n) is 5.70. The molecule has 0 radical (unpaired) electrons. The Morgan fingerprint density at radius 3 is 2.25 bits per heavy atom. The highest BCUT2D eigenvalue weighted by molar-refractivity contribution is 8.00. The van der Waals surface area contributed by atoms with Crippen LogP contribution in [0.15, 0.2) is 76.6 Å². The van der Waals surface area contributed by atoms with Crippen LogP contribution in [0.3, 0.4) is 0 Å². The first-order valence-corrected chi connectivity index (χ1v) is 15.6. The minimum atomic E-state index is -4.76. The predicted octanol–water partition coefficient (Wildman–Crippen LogP) is 6.10. The van der Waals surface area contributed by atoms with E-state index in [0.29, 0.717) is 27.9 Å². The lowest BCUT2D eigenvalue weighted by atomic mass is 9.83. The van der Waals surface area contributed by atoms with Crippen molar-refractivity contribution < 1.29 is 50.6 Å². The Labute approximate surface area is 274 Å². The zero-order valence-electron chi connectivity index (χ0n) is 24.3. The standard InChI is InChI=1S/C31H21F6N3O6S2/c1-46-20-10-14(8-9-19(20)41)22-23-24(27(44)40(26(23)43)18-7-3-5-16(12-18)31(35,36)37)47-28-25(22)48-29(45)39(28)13-21(42)38-17-6-2-4-15(11-17)30(32,33)34/h2-12,22-24,41H,13H2,1H3,(H,38,42)/t22-,23?,24?/m0/s1. The Morgan fingerprint density at radius 1 is 0.917 bits per heavy atom. The molecule has 9 nitrogen and oxygen atoms in total. The number of halogens is 6. The fourth-order valence-corrected chi connectivity index (χ4v) is 8.47. The molecule has 2 unspecified atom stereocenters. The van der Waals surface area contributed by atoms with E-state index in [0.717, 1.165) is 46.7 Å². The van der Waals surface area contributed by atoms with Crippen molar-refractivity contribution in [1.29, 1.82) is 0 Å². The van der Waals surface area contributed by atoms with Crippen LogP contribution < -0.4 is 19.8 Å². The average Bonchev–Trinajstić information content (AvgIpc) is 3.46. The minimum Gasteiger partial charge on any atom is -0.504 e. The molecule has 3 heterocycles. The van der Waals surface area contributed by atoms with Crippen LogP contribution >= 0.6 is 23.1 Å². The van der Waals surface area contributed by atoms with Crippen molar-refractivity contribution in [2.24, 2.45) is 5.92 Å². The number of hydrogen-bond acceptors (Lipinski definition) is 8. The van der Waals surface area contributed by atoms with Crippen LogP contribution in [0, 0.1) is 5.92 Å². The number of amides is 3. The molecule has 1 aromatic heterocycles. The van der Waals surface area contributed by atoms with E-state index in [2.05, 4.69) is 5.32 Å². The van der Waals surface area contributed by atoms with Crippen LogP contribution in [0.5, 0.6) is 11.5 Å². The molecule has 1 saturated heterocycles. The largest absolute Gasteiger partial charge is 0.504 e. The fraction of sp³-hybridized carbons (Fsp3) is 0.226. The third kappa shape index (κ3) is 5.91. The molecular weight excluding hydrogens is 688 g/mol. The number of aromatic hydroxyl groups is 1. The lowest BCUT2D eigenvalue weighted by molar-refractivity contribution is -0.138. The molecular formula is C31H21F6N3O6S2. The summed E-state index contributed by atoms with van der Waals surface area (Å²) in [5.41, 5.74) is -2.24. The van der Waals surface area contributed by atoms with E-state index in [9.17, 15) is 50.6 Å². The maximum absolute atomic E-state index is 14.0. The highest BCUT2D eigenvalue weighted by Crippen LogP contribution is 2.54. The summed E-state index contributed by atoms with van der Waals surface area (Å²) in [5.74, 6) is -5.05. The second-order valence-corrected chi connectivity index (χ2v) is 12.9. The van der Waals surface area contributed by atoms with E-state index in [1.807, 2.05) is 0 Å². The molecule has 0 bridgehead atoms. The van der Waals surface area contributed by atoms with Crippen LogP contribution in [0.2, 0.25) is 0 Å². The minimum absolute atomic E-state index is 0.00239. The average molecular weight is 710 g/mol. The number of fused-ring (bicyclic) bond motifs is 2. The van der Waals surface area contributed by atoms with Gasteiger partial charge in [-0.1, -0.05) is 41.3 Å². The number of rotatable bonds is 6. The van der Waals surface area contributed by atoms with E-state index >= 15 is 0 Å². The molecule has 48 heavy (non-hydrogen) atoms. The first-order chi connectivity index (χ1) is 22.6. The summed E-state index contributed by atoms with van der Waals surface area (Å²) in [4.78, 5) is 54.5. The van der Waals surface area contributed by atoms with E-state index in [4.69, 9.17) is 4.74 Å². The zero-order valence-corrected chi connectivity index (χ0v) is 25.9. The monoisotopic (exact) mass is 709 g/mol. The SMILES string of the molecule is COc1cc([C@@H]2c3sc(=O)n(CC(=O)Nc4cccc(C(F)(F)F)c4)c3SC3C(=O)N(c4cccc(C(F)(F)F)c4)C(=O)C32)ccc1O. The number of nitrogens with zero attached hydrogens (tertiary/aromatic N) is 2. The maximum Gasteiger partial charge on any atom is 0.416 e. The summed E-state index contributed by atoms with van der Waals surface area (Å²) < 4.78 is 86.4. The third-order valence-electron chi connectivity index (χ3n) is 7.82. The van der Waals surface area contributed by atoms with Gasteiger partial charge in [0.2, 0.25) is 17.7 Å². The number of thioether (sulfide) groups is 1. The van der Waals surface area contributed by atoms with E-state index in [1.54, 1.807) is 0 Å². The molecule has 17 heteroatoms. The number of nitrogens with one attached hydrogen (secondary N) is 1. The molecule has 2 aliphatic rings. The Hall–Kier alpha value is -4.77. The molecule has 1 fully saturated rings. The Kier molecular flexibility index (Phi) is 8.31. The molecule has 250 valence electrons. The van der Waals surface area contributed by atoms with Crippen molar-refractivity contribution in [1.82, 2.24) is 4.57 Å². The van der Waals surface area contributed by atoms with Crippen molar-refractivity contribution in [3.63, 3.8) is 0 Å². The molecule has 4 aromatic rings. The maximum atomic E-state index is 14.0. The summed E-state index contributed by atoms with van der Waals surface area (Å²) >= 11 is 1.46. The highest BCUT2D eigenvalue weighted by atomic mass is 32.2. The number of ether oxygens (including phenoxy) is 1. The Bertz CT molecular complexity index is 2020. The summed E-state index contributed by atoms with van der Waals surface area (Å²) in [7, 11) is 1.28. The lowest BCUT2D eigenvalue weighted by Gasteiger charge is -2.31. The van der Waals surface area contributed by atoms with Crippen molar-refractivity contribution >= 4 is 52.2 Å². The van der Waals surface area contributed by atoms with Crippen molar-refractivity contribution in [3.05, 3.63) is 98.0 Å². The number of alkyl halides is 6. The van der Waals surface area contributed by atoms with Gasteiger partial charge in [0.05, 0.1) is 34.9 Å². The molecule has 3 aromatic carbocycles. The number of methoxy groups -OCH3 is 1. The van der Waals surface area contributed by atoms with Gasteiger partial charge in [0.25, 0.3) is 0 Å². The number of carbonyl (C=O) groups excluding carboxylic acids is 3. The van der Waals surface area contributed by atoms with Gasteiger partial charge in [0, 0.05) is 16.5 Å². The van der Waals surface area contributed by atoms with Crippen molar-refractivity contribution in [2.45, 2.75) is 35.1 Å². The summed E-state index contributed by atoms with van der Waals surface area (Å²) in [5, 5.41) is 11.4. The topological polar surface area (TPSA) is 118 Å². The molecule has 6 rings (SSSR count). The number of benzene rings is 3. The van der Waals surface area contributed by atoms with Gasteiger partial charge in [-0.25, -0.2) is 4.90 Å². The first-order valence-electron chi connectivity index (χ1n) is 13.9. The van der Waals surface area contributed by atoms with Gasteiger partial charge in [-0.2, -0.15) is 26.3 Å². The molecule has 0 spiro atoms. The van der Waals surface area contributed by atoms with Crippen LogP contribution in [0.25, 0.3) is 0 Å². The number of phenols is 1. The zero-order chi connectivity index (χ0) is 34.7. The van der Waals surface area contributed by atoms with Gasteiger partial charge in [-0.15, -0.1) is 0 Å². The highest BCUT2D eigenvalue weighted by Gasteiger charge is 2.57. The third-order valence-corrected chi connectivity index (χ3v) is 10.4.